The summed E-state index contributed by atoms with van der Waals surface area (Å²) in [4.78, 5) is 29.7. The molecule has 4 rings (SSSR count). The van der Waals surface area contributed by atoms with Gasteiger partial charge in [0, 0.05) is 19.7 Å². The Morgan fingerprint density at radius 2 is 1.75 bits per heavy atom. The van der Waals surface area contributed by atoms with E-state index in [2.05, 4.69) is 4.98 Å². The molecule has 2 aromatic carbocycles. The highest BCUT2D eigenvalue weighted by Gasteiger charge is 2.26. The van der Waals surface area contributed by atoms with E-state index in [1.165, 1.54) is 11.7 Å². The fourth-order valence-corrected chi connectivity index (χ4v) is 4.08. The van der Waals surface area contributed by atoms with E-state index >= 15 is 0 Å². The maximum atomic E-state index is 12.7. The zero-order chi connectivity index (χ0) is 19.8. The summed E-state index contributed by atoms with van der Waals surface area (Å²) in [5.41, 5.74) is 0.963. The number of ether oxygens (including phenoxy) is 1. The van der Waals surface area contributed by atoms with Gasteiger partial charge in [0.15, 0.2) is 12.1 Å². The van der Waals surface area contributed by atoms with E-state index in [9.17, 15) is 14.7 Å². The van der Waals surface area contributed by atoms with Crippen LogP contribution in [0.5, 0.6) is 5.88 Å². The zero-order valence-corrected chi connectivity index (χ0v) is 16.0. The third-order valence-corrected chi connectivity index (χ3v) is 5.49. The molecule has 1 atom stereocenters. The number of para-hydroxylation sites is 1. The molecular formula is C20H17N3O4S. The Kier molecular flexibility index (Phi) is 4.58. The average Bonchev–Trinajstić information content (AvgIpc) is 3.01. The van der Waals surface area contributed by atoms with Crippen molar-refractivity contribution in [3.63, 3.8) is 0 Å². The summed E-state index contributed by atoms with van der Waals surface area (Å²) in [5, 5.41) is 11.3. The first-order valence-electron chi connectivity index (χ1n) is 8.51. The van der Waals surface area contributed by atoms with Crippen molar-refractivity contribution in [1.29, 1.82) is 0 Å². The van der Waals surface area contributed by atoms with Crippen LogP contribution in [-0.2, 0) is 11.8 Å². The second kappa shape index (κ2) is 7.06. The molecule has 0 aliphatic rings. The molecule has 28 heavy (non-hydrogen) atoms. The van der Waals surface area contributed by atoms with Gasteiger partial charge < -0.3 is 9.84 Å². The van der Waals surface area contributed by atoms with Crippen LogP contribution in [0.2, 0.25) is 0 Å². The number of nitrogens with zero attached hydrogens (tertiary/aromatic N) is 3. The Morgan fingerprint density at radius 3 is 2.46 bits per heavy atom. The van der Waals surface area contributed by atoms with E-state index in [0.717, 1.165) is 15.9 Å². The first-order chi connectivity index (χ1) is 13.5. The lowest BCUT2D eigenvalue weighted by Gasteiger charge is -2.17. The molecule has 0 bridgehead atoms. The third kappa shape index (κ3) is 2.83. The number of benzene rings is 2. The monoisotopic (exact) mass is 395 g/mol. The second-order valence-corrected chi connectivity index (χ2v) is 7.17. The first kappa shape index (κ1) is 18.1. The molecule has 0 aliphatic carbocycles. The number of hydrogen-bond donors (Lipinski definition) is 1. The van der Waals surface area contributed by atoms with Crippen molar-refractivity contribution in [2.24, 2.45) is 7.05 Å². The molecule has 2 heterocycles. The van der Waals surface area contributed by atoms with Gasteiger partial charge in [0.25, 0.3) is 5.56 Å². The number of rotatable bonds is 4. The van der Waals surface area contributed by atoms with Gasteiger partial charge in [-0.2, -0.15) is 0 Å². The lowest BCUT2D eigenvalue weighted by Crippen LogP contribution is -2.22. The number of aromatic nitrogens is 3. The van der Waals surface area contributed by atoms with Gasteiger partial charge in [-0.1, -0.05) is 53.8 Å². The van der Waals surface area contributed by atoms with Crippen molar-refractivity contribution in [3.05, 3.63) is 80.2 Å². The summed E-state index contributed by atoms with van der Waals surface area (Å²) in [6.07, 6.45) is -0.795. The maximum absolute atomic E-state index is 12.7. The van der Waals surface area contributed by atoms with E-state index in [1.54, 1.807) is 43.4 Å². The van der Waals surface area contributed by atoms with Crippen LogP contribution in [0.4, 0.5) is 0 Å². The van der Waals surface area contributed by atoms with Crippen LogP contribution in [-0.4, -0.2) is 26.3 Å². The predicted octanol–water partition coefficient (Wildman–Crippen LogP) is 2.72. The Morgan fingerprint density at radius 1 is 1.07 bits per heavy atom. The van der Waals surface area contributed by atoms with Crippen LogP contribution >= 0.6 is 11.3 Å². The fourth-order valence-electron chi connectivity index (χ4n) is 3.16. The number of thiazole rings is 1. The highest BCUT2D eigenvalue weighted by molar-refractivity contribution is 7.13. The minimum absolute atomic E-state index is 0.216. The van der Waals surface area contributed by atoms with E-state index in [-0.39, 0.29) is 22.1 Å². The summed E-state index contributed by atoms with van der Waals surface area (Å²) in [5.74, 6) is -0.0616. The van der Waals surface area contributed by atoms with Crippen LogP contribution in [0.1, 0.15) is 11.8 Å². The van der Waals surface area contributed by atoms with Gasteiger partial charge in [-0.3, -0.25) is 14.2 Å². The van der Waals surface area contributed by atoms with Crippen molar-refractivity contribution in [2.45, 2.75) is 6.23 Å². The molecule has 2 aromatic heterocycles. The minimum atomic E-state index is -0.795. The minimum Gasteiger partial charge on any atom is -0.493 e. The van der Waals surface area contributed by atoms with Crippen molar-refractivity contribution >= 4 is 22.2 Å². The van der Waals surface area contributed by atoms with Crippen molar-refractivity contribution in [3.8, 4) is 16.6 Å². The summed E-state index contributed by atoms with van der Waals surface area (Å²) in [6, 6.07) is 16.1. The predicted molar refractivity (Wildman–Crippen MR) is 108 cm³/mol. The van der Waals surface area contributed by atoms with Gasteiger partial charge in [-0.25, -0.2) is 9.55 Å². The van der Waals surface area contributed by atoms with Crippen LogP contribution < -0.4 is 10.4 Å². The average molecular weight is 395 g/mol. The normalized spacial score (nSPS) is 12.4. The molecule has 0 radical (unpaired) electrons. The number of methoxy groups -OCH3 is 1. The van der Waals surface area contributed by atoms with Crippen LogP contribution in [0.3, 0.4) is 0 Å². The molecule has 0 saturated carbocycles. The van der Waals surface area contributed by atoms with Gasteiger partial charge in [0.05, 0.1) is 10.9 Å². The fraction of sp³-hybridized carbons (Fsp3) is 0.150. The van der Waals surface area contributed by atoms with Crippen LogP contribution in [0.15, 0.2) is 64.2 Å². The number of aromatic hydroxyl groups is 1. The standard InChI is InChI=1S/C20H17N3O4S/c1-22-16(21-14-11-7-6-10-13(14)17(22)24)15-18(25)23(20(26)28-15)19(27-2)12-8-4-3-5-9-12/h3-11,19,25H,1-2H3. The van der Waals surface area contributed by atoms with Gasteiger partial charge >= 0.3 is 4.87 Å². The molecule has 0 spiro atoms. The maximum Gasteiger partial charge on any atom is 0.313 e. The van der Waals surface area contributed by atoms with Crippen LogP contribution in [0.25, 0.3) is 21.6 Å². The van der Waals surface area contributed by atoms with Crippen molar-refractivity contribution in [2.75, 3.05) is 7.11 Å². The summed E-state index contributed by atoms with van der Waals surface area (Å²) < 4.78 is 7.98. The largest absolute Gasteiger partial charge is 0.493 e. The molecular weight excluding hydrogens is 378 g/mol. The molecule has 0 aliphatic heterocycles. The van der Waals surface area contributed by atoms with Gasteiger partial charge in [0.1, 0.15) is 4.88 Å². The highest BCUT2D eigenvalue weighted by atomic mass is 32.1. The summed E-state index contributed by atoms with van der Waals surface area (Å²) >= 11 is 0.819. The van der Waals surface area contributed by atoms with Crippen LogP contribution in [0, 0.1) is 0 Å². The van der Waals surface area contributed by atoms with E-state index in [4.69, 9.17) is 4.74 Å². The summed E-state index contributed by atoms with van der Waals surface area (Å²) in [7, 11) is 3.03. The lowest BCUT2D eigenvalue weighted by molar-refractivity contribution is 0.0705. The van der Waals surface area contributed by atoms with Gasteiger partial charge in [0.2, 0.25) is 5.88 Å². The zero-order valence-electron chi connectivity index (χ0n) is 15.2. The molecule has 0 saturated heterocycles. The van der Waals surface area contributed by atoms with Crippen molar-refractivity contribution < 1.29 is 9.84 Å². The molecule has 4 aromatic rings. The smallest absolute Gasteiger partial charge is 0.313 e. The topological polar surface area (TPSA) is 86.3 Å². The Bertz CT molecular complexity index is 1270. The lowest BCUT2D eigenvalue weighted by atomic mass is 10.2. The molecule has 7 nitrogen and oxygen atoms in total. The second-order valence-electron chi connectivity index (χ2n) is 6.21. The van der Waals surface area contributed by atoms with E-state index in [1.807, 2.05) is 18.2 Å². The Balaban J connectivity index is 1.94. The van der Waals surface area contributed by atoms with E-state index in [0.29, 0.717) is 16.5 Å². The van der Waals surface area contributed by atoms with Gasteiger partial charge in [-0.15, -0.1) is 0 Å². The van der Waals surface area contributed by atoms with E-state index < -0.39 is 11.1 Å². The summed E-state index contributed by atoms with van der Waals surface area (Å²) in [6.45, 7) is 0. The third-order valence-electron chi connectivity index (χ3n) is 4.55. The van der Waals surface area contributed by atoms with Crippen molar-refractivity contribution in [1.82, 2.24) is 14.1 Å². The first-order valence-corrected chi connectivity index (χ1v) is 9.32. The molecule has 0 amide bonds. The molecule has 1 unspecified atom stereocenters. The molecule has 142 valence electrons. The number of hydrogen-bond acceptors (Lipinski definition) is 6. The molecule has 0 fully saturated rings. The number of fused-ring (bicyclic) bond motifs is 1. The SMILES string of the molecule is COC(c1ccccc1)n1c(O)c(-c2nc3ccccc3c(=O)n2C)sc1=O. The van der Waals surface area contributed by atoms with Gasteiger partial charge in [-0.05, 0) is 12.1 Å². The Labute approximate surface area is 163 Å². The highest BCUT2D eigenvalue weighted by Crippen LogP contribution is 2.34. The quantitative estimate of drug-likeness (QED) is 0.574. The molecule has 8 heteroatoms. The molecule has 1 N–H and O–H groups in total. The Hall–Kier alpha value is -3.23.